The quantitative estimate of drug-likeness (QED) is 0.234. The van der Waals surface area contributed by atoms with Crippen LogP contribution < -0.4 is 0 Å². The number of carbonyl (C=O) groups is 1. The van der Waals surface area contributed by atoms with Gasteiger partial charge in [0.2, 0.25) is 0 Å². The molecule has 0 amide bonds. The lowest BCUT2D eigenvalue weighted by atomic mass is 9.77. The van der Waals surface area contributed by atoms with Gasteiger partial charge in [0.1, 0.15) is 23.9 Å². The van der Waals surface area contributed by atoms with E-state index in [1.165, 1.54) is 14.0 Å². The van der Waals surface area contributed by atoms with Gasteiger partial charge in [0.25, 0.3) is 0 Å². The van der Waals surface area contributed by atoms with Crippen LogP contribution in [0, 0.1) is 17.8 Å². The van der Waals surface area contributed by atoms with Gasteiger partial charge >= 0.3 is 5.97 Å². The summed E-state index contributed by atoms with van der Waals surface area (Å²) >= 11 is 0. The van der Waals surface area contributed by atoms with Crippen LogP contribution in [0.1, 0.15) is 94.9 Å². The van der Waals surface area contributed by atoms with Crippen LogP contribution in [0.25, 0.3) is 0 Å². The summed E-state index contributed by atoms with van der Waals surface area (Å²) in [6, 6.07) is -1.09. The second-order valence-corrected chi connectivity index (χ2v) is 17.8. The van der Waals surface area contributed by atoms with E-state index in [9.17, 15) is 30.3 Å². The molecule has 0 saturated carbocycles. The third-order valence-electron chi connectivity index (χ3n) is 13.0. The van der Waals surface area contributed by atoms with Crippen molar-refractivity contribution in [3.63, 3.8) is 0 Å². The Kier molecular flexibility index (Phi) is 16.0. The molecule has 4 saturated heterocycles. The summed E-state index contributed by atoms with van der Waals surface area (Å²) in [6.45, 7) is 20.3. The van der Waals surface area contributed by atoms with Crippen LogP contribution in [-0.2, 0) is 38.0 Å². The molecule has 0 aromatic heterocycles. The molecule has 1 unspecified atom stereocenters. The third kappa shape index (κ3) is 10.6. The number of aliphatic hydroxyl groups excluding tert-OH is 3. The van der Waals surface area contributed by atoms with Gasteiger partial charge in [-0.05, 0) is 74.3 Å². The van der Waals surface area contributed by atoms with E-state index in [0.29, 0.717) is 39.3 Å². The Labute approximate surface area is 328 Å². The molecular formula is C40H74N2O13. The molecule has 0 aromatic rings. The number of nitrogens with zero attached hydrogens (tertiary/aromatic N) is 2. The topological polar surface area (TPSA) is 189 Å². The second kappa shape index (κ2) is 18.9. The minimum atomic E-state index is -1.80. The molecule has 5 N–H and O–H groups in total. The molecule has 0 aliphatic carbocycles. The molecule has 18 atom stereocenters. The average molecular weight is 791 g/mol. The Morgan fingerprint density at radius 1 is 0.909 bits per heavy atom. The highest BCUT2D eigenvalue weighted by Gasteiger charge is 2.53. The molecular weight excluding hydrogens is 716 g/mol. The van der Waals surface area contributed by atoms with E-state index < -0.39 is 102 Å². The van der Waals surface area contributed by atoms with Gasteiger partial charge in [-0.2, -0.15) is 0 Å². The Hall–Kier alpha value is -1.05. The fourth-order valence-electron chi connectivity index (χ4n) is 9.51. The van der Waals surface area contributed by atoms with Crippen LogP contribution in [0.2, 0.25) is 0 Å². The molecule has 4 heterocycles. The maximum atomic E-state index is 14.3. The first-order valence-corrected chi connectivity index (χ1v) is 20.5. The van der Waals surface area contributed by atoms with Gasteiger partial charge < -0.3 is 63.6 Å². The van der Waals surface area contributed by atoms with Crippen molar-refractivity contribution in [1.82, 2.24) is 9.80 Å². The van der Waals surface area contributed by atoms with Crippen LogP contribution in [-0.4, -0.2) is 179 Å². The van der Waals surface area contributed by atoms with Gasteiger partial charge in [-0.15, -0.1) is 0 Å². The molecule has 0 spiro atoms. The van der Waals surface area contributed by atoms with Crippen molar-refractivity contribution in [2.24, 2.45) is 17.8 Å². The molecule has 0 radical (unpaired) electrons. The van der Waals surface area contributed by atoms with Crippen LogP contribution in [0.5, 0.6) is 0 Å². The number of morpholine rings is 1. The molecule has 0 bridgehead atoms. The molecule has 0 aromatic carbocycles. The minimum Gasteiger partial charge on any atom is -0.459 e. The van der Waals surface area contributed by atoms with Crippen molar-refractivity contribution >= 4 is 5.97 Å². The van der Waals surface area contributed by atoms with Gasteiger partial charge in [0, 0.05) is 51.5 Å². The lowest BCUT2D eigenvalue weighted by molar-refractivity contribution is -0.316. The summed E-state index contributed by atoms with van der Waals surface area (Å²) in [6.07, 6.45) is -7.99. The van der Waals surface area contributed by atoms with E-state index in [1.54, 1.807) is 34.6 Å². The Balaban J connectivity index is 1.83. The van der Waals surface area contributed by atoms with Gasteiger partial charge in [0.05, 0.1) is 66.9 Å². The van der Waals surface area contributed by atoms with Gasteiger partial charge in [-0.25, -0.2) is 0 Å². The number of ether oxygens (including phenoxy) is 7. The highest BCUT2D eigenvalue weighted by atomic mass is 16.7. The standard InChI is InChI=1S/C40H74N2O13/c1-13-29-40(10,48)33(44)26(6)41(11)21-22(2)19-38(8,47)35(55-37-31(28(43)18-23(3)51-37)42-14-16-50-17-15-42)24(4)32(25(5)36(46)53-29)54-30-20-39(9,49-12)34(45)27(7)52-30/h22-35,37,43-45,47-48H,13-21H2,1-12H3/t22-,23-,24+,25-,26-,27+,28?,29-,30+,31+,32+,33-,34+,35-,37+,38-,39-,40-/m1/s1. The Morgan fingerprint density at radius 2 is 1.55 bits per heavy atom. The van der Waals surface area contributed by atoms with Crippen molar-refractivity contribution in [3.05, 3.63) is 0 Å². The highest BCUT2D eigenvalue weighted by Crippen LogP contribution is 2.40. The largest absolute Gasteiger partial charge is 0.459 e. The van der Waals surface area contributed by atoms with Crippen molar-refractivity contribution < 1.29 is 63.5 Å². The molecule has 4 fully saturated rings. The van der Waals surface area contributed by atoms with Gasteiger partial charge in [-0.1, -0.05) is 20.8 Å². The summed E-state index contributed by atoms with van der Waals surface area (Å²) in [5.74, 6) is -2.56. The Bertz CT molecular complexity index is 1220. The number of carbonyl (C=O) groups excluding carboxylic acids is 1. The summed E-state index contributed by atoms with van der Waals surface area (Å²) in [5, 5.41) is 58.5. The predicted octanol–water partition coefficient (Wildman–Crippen LogP) is 1.67. The normalized spacial score (nSPS) is 49.5. The van der Waals surface area contributed by atoms with Crippen molar-refractivity contribution in [2.45, 2.75) is 185 Å². The number of hydrogen-bond acceptors (Lipinski definition) is 15. The molecule has 55 heavy (non-hydrogen) atoms. The molecule has 4 aliphatic rings. The number of aliphatic hydroxyl groups is 5. The van der Waals surface area contributed by atoms with Crippen molar-refractivity contribution in [2.75, 3.05) is 47.0 Å². The van der Waals surface area contributed by atoms with E-state index in [1.807, 2.05) is 39.6 Å². The van der Waals surface area contributed by atoms with Gasteiger partial charge in [0.15, 0.2) is 12.6 Å². The summed E-state index contributed by atoms with van der Waals surface area (Å²) in [4.78, 5) is 18.4. The molecule has 4 rings (SSSR count). The number of methoxy groups -OCH3 is 1. The summed E-state index contributed by atoms with van der Waals surface area (Å²) < 4.78 is 43.9. The first kappa shape index (κ1) is 46.6. The first-order chi connectivity index (χ1) is 25.6. The zero-order valence-corrected chi connectivity index (χ0v) is 35.4. The number of rotatable bonds is 7. The fourth-order valence-corrected chi connectivity index (χ4v) is 9.51. The number of likely N-dealkylation sites (N-methyl/N-ethyl adjacent to an activating group) is 1. The Morgan fingerprint density at radius 3 is 2.15 bits per heavy atom. The van der Waals surface area contributed by atoms with Crippen LogP contribution in [0.4, 0.5) is 0 Å². The summed E-state index contributed by atoms with van der Waals surface area (Å²) in [5.41, 5.74) is -4.37. The monoisotopic (exact) mass is 791 g/mol. The lowest BCUT2D eigenvalue weighted by Gasteiger charge is -2.50. The number of hydrogen-bond donors (Lipinski definition) is 5. The maximum Gasteiger partial charge on any atom is 0.311 e. The number of cyclic esters (lactones) is 1. The van der Waals surface area contributed by atoms with E-state index in [0.717, 1.165) is 0 Å². The summed E-state index contributed by atoms with van der Waals surface area (Å²) in [7, 11) is 3.37. The molecule has 15 heteroatoms. The zero-order valence-electron chi connectivity index (χ0n) is 35.4. The van der Waals surface area contributed by atoms with E-state index in [-0.39, 0.29) is 31.3 Å². The van der Waals surface area contributed by atoms with Crippen LogP contribution in [0.3, 0.4) is 0 Å². The SMILES string of the molecule is CC[C@H]1OC(=O)[C@H](C)[C@@H](O[C@H]2C[C@@](C)(OC)[C@@H](O)[C@H](C)O2)[C@H](C)[C@@H](O[C@@H]2O[C@H](C)CC(O)[C@@H]2N2CCOCC2)[C@](C)(O)C[C@@H](C)CN(C)[C@H](C)[C@@H](O)[C@]1(C)O. The second-order valence-electron chi connectivity index (χ2n) is 17.8. The molecule has 322 valence electrons. The zero-order chi connectivity index (χ0) is 41.2. The third-order valence-corrected chi connectivity index (χ3v) is 13.0. The maximum absolute atomic E-state index is 14.3. The van der Waals surface area contributed by atoms with Crippen LogP contribution in [0.15, 0.2) is 0 Å². The van der Waals surface area contributed by atoms with Crippen molar-refractivity contribution in [3.8, 4) is 0 Å². The minimum absolute atomic E-state index is 0.135. The van der Waals surface area contributed by atoms with Crippen molar-refractivity contribution in [1.29, 1.82) is 0 Å². The van der Waals surface area contributed by atoms with Crippen LogP contribution >= 0.6 is 0 Å². The molecule has 4 aliphatic heterocycles. The smallest absolute Gasteiger partial charge is 0.311 e. The van der Waals surface area contributed by atoms with Gasteiger partial charge in [-0.3, -0.25) is 9.69 Å². The van der Waals surface area contributed by atoms with E-state index in [2.05, 4.69) is 4.90 Å². The lowest BCUT2D eigenvalue weighted by Crippen LogP contribution is -2.63. The van der Waals surface area contributed by atoms with E-state index in [4.69, 9.17) is 33.2 Å². The molecule has 15 nitrogen and oxygen atoms in total. The predicted molar refractivity (Wildman–Crippen MR) is 203 cm³/mol. The fraction of sp³-hybridized carbons (Fsp3) is 0.975. The highest BCUT2D eigenvalue weighted by molar-refractivity contribution is 5.73. The number of esters is 1. The first-order valence-electron chi connectivity index (χ1n) is 20.5. The van der Waals surface area contributed by atoms with E-state index >= 15 is 0 Å². The average Bonchev–Trinajstić information content (AvgIpc) is 3.11.